The first-order valence-electron chi connectivity index (χ1n) is 6.36. The molecule has 0 aliphatic rings. The van der Waals surface area contributed by atoms with Gasteiger partial charge in [0.1, 0.15) is 17.8 Å². The number of rotatable bonds is 5. The molecule has 0 radical (unpaired) electrons. The third-order valence-corrected chi connectivity index (χ3v) is 3.02. The van der Waals surface area contributed by atoms with Gasteiger partial charge in [-0.25, -0.2) is 4.98 Å². The van der Waals surface area contributed by atoms with Crippen LogP contribution >= 0.6 is 11.6 Å². The lowest BCUT2D eigenvalue weighted by atomic mass is 10.3. The molecule has 6 nitrogen and oxygen atoms in total. The Hall–Kier alpha value is -1.95. The molecule has 0 aliphatic carbocycles. The summed E-state index contributed by atoms with van der Waals surface area (Å²) in [6.45, 7) is 4.60. The molecule has 0 fully saturated rings. The van der Waals surface area contributed by atoms with Gasteiger partial charge in [-0.1, -0.05) is 11.6 Å². The fourth-order valence-electron chi connectivity index (χ4n) is 1.77. The molecule has 7 heteroatoms. The van der Waals surface area contributed by atoms with Crippen LogP contribution in [0.15, 0.2) is 24.7 Å². The van der Waals surface area contributed by atoms with Crippen molar-refractivity contribution >= 4 is 17.5 Å². The quantitative estimate of drug-likeness (QED) is 0.913. The molecule has 1 amide bonds. The molecule has 0 saturated carbocycles. The summed E-state index contributed by atoms with van der Waals surface area (Å²) >= 11 is 5.72. The summed E-state index contributed by atoms with van der Waals surface area (Å²) in [5.74, 6) is 0.627. The zero-order valence-corrected chi connectivity index (χ0v) is 12.1. The van der Waals surface area contributed by atoms with E-state index in [-0.39, 0.29) is 5.91 Å². The molecule has 0 spiro atoms. The van der Waals surface area contributed by atoms with Gasteiger partial charge in [0.25, 0.3) is 5.91 Å². The van der Waals surface area contributed by atoms with Crippen LogP contribution in [0.3, 0.4) is 0 Å². The number of amides is 1. The molecule has 0 unspecified atom stereocenters. The second-order valence-corrected chi connectivity index (χ2v) is 5.05. The summed E-state index contributed by atoms with van der Waals surface area (Å²) in [6.07, 6.45) is 3.77. The Bertz CT molecular complexity index is 579. The van der Waals surface area contributed by atoms with E-state index in [1.54, 1.807) is 18.5 Å². The van der Waals surface area contributed by atoms with Gasteiger partial charge in [-0.15, -0.1) is 10.2 Å². The lowest BCUT2D eigenvalue weighted by Gasteiger charge is -2.10. The summed E-state index contributed by atoms with van der Waals surface area (Å²) in [4.78, 5) is 15.8. The third kappa shape index (κ3) is 3.54. The van der Waals surface area contributed by atoms with Crippen molar-refractivity contribution in [2.24, 2.45) is 0 Å². The molecule has 106 valence electrons. The minimum absolute atomic E-state index is 0.225. The summed E-state index contributed by atoms with van der Waals surface area (Å²) < 4.78 is 1.98. The van der Waals surface area contributed by atoms with Crippen molar-refractivity contribution in [3.63, 3.8) is 0 Å². The van der Waals surface area contributed by atoms with Gasteiger partial charge in [0.2, 0.25) is 0 Å². The van der Waals surface area contributed by atoms with Crippen LogP contribution in [-0.2, 0) is 6.42 Å². The number of aromatic nitrogens is 4. The van der Waals surface area contributed by atoms with Gasteiger partial charge < -0.3 is 9.88 Å². The number of hydrogen-bond donors (Lipinski definition) is 1. The van der Waals surface area contributed by atoms with Crippen LogP contribution in [0.5, 0.6) is 0 Å². The molecule has 0 atom stereocenters. The highest BCUT2D eigenvalue weighted by atomic mass is 35.5. The molecule has 1 N–H and O–H groups in total. The fraction of sp³-hybridized carbons (Fsp3) is 0.385. The van der Waals surface area contributed by atoms with E-state index in [9.17, 15) is 4.79 Å². The predicted octanol–water partition coefficient (Wildman–Crippen LogP) is 1.88. The first kappa shape index (κ1) is 14.5. The van der Waals surface area contributed by atoms with Crippen LogP contribution < -0.4 is 5.32 Å². The molecule has 0 aromatic carbocycles. The van der Waals surface area contributed by atoms with E-state index >= 15 is 0 Å². The number of carbonyl (C=O) groups is 1. The van der Waals surface area contributed by atoms with Crippen molar-refractivity contribution in [1.29, 1.82) is 0 Å². The van der Waals surface area contributed by atoms with Crippen molar-refractivity contribution in [1.82, 2.24) is 25.1 Å². The molecule has 2 rings (SSSR count). The zero-order valence-electron chi connectivity index (χ0n) is 11.4. The van der Waals surface area contributed by atoms with Crippen LogP contribution in [0, 0.1) is 0 Å². The van der Waals surface area contributed by atoms with Gasteiger partial charge >= 0.3 is 0 Å². The van der Waals surface area contributed by atoms with Crippen molar-refractivity contribution in [3.8, 4) is 0 Å². The van der Waals surface area contributed by atoms with E-state index in [1.165, 1.54) is 6.20 Å². The normalized spacial score (nSPS) is 10.8. The molecule has 0 saturated heterocycles. The second kappa shape index (κ2) is 6.47. The first-order chi connectivity index (χ1) is 9.58. The zero-order chi connectivity index (χ0) is 14.5. The van der Waals surface area contributed by atoms with E-state index in [4.69, 9.17) is 11.6 Å². The van der Waals surface area contributed by atoms with Crippen LogP contribution in [0.2, 0.25) is 5.02 Å². The molecular formula is C13H16ClN5O. The van der Waals surface area contributed by atoms with Crippen LogP contribution in [0.4, 0.5) is 0 Å². The molecule has 0 aliphatic heterocycles. The number of carbonyl (C=O) groups excluding carboxylic acids is 1. The van der Waals surface area contributed by atoms with Crippen molar-refractivity contribution in [3.05, 3.63) is 41.2 Å². The number of hydrogen-bond acceptors (Lipinski definition) is 4. The van der Waals surface area contributed by atoms with E-state index < -0.39 is 0 Å². The number of pyridine rings is 1. The maximum absolute atomic E-state index is 11.8. The molecule has 0 bridgehead atoms. The van der Waals surface area contributed by atoms with E-state index in [0.717, 1.165) is 5.82 Å². The monoisotopic (exact) mass is 293 g/mol. The lowest BCUT2D eigenvalue weighted by molar-refractivity contribution is 0.0949. The van der Waals surface area contributed by atoms with Gasteiger partial charge in [-0.05, 0) is 26.0 Å². The largest absolute Gasteiger partial charge is 0.350 e. The maximum atomic E-state index is 11.8. The summed E-state index contributed by atoms with van der Waals surface area (Å²) in [6, 6.07) is 3.53. The Labute approximate surface area is 122 Å². The van der Waals surface area contributed by atoms with Gasteiger partial charge in [-0.2, -0.15) is 0 Å². The predicted molar refractivity (Wildman–Crippen MR) is 75.7 cm³/mol. The lowest BCUT2D eigenvalue weighted by Crippen LogP contribution is -2.27. The molecule has 20 heavy (non-hydrogen) atoms. The number of nitrogens with zero attached hydrogens (tertiary/aromatic N) is 4. The fourth-order valence-corrected chi connectivity index (χ4v) is 1.88. The van der Waals surface area contributed by atoms with Crippen molar-refractivity contribution < 1.29 is 4.79 Å². The van der Waals surface area contributed by atoms with Crippen molar-refractivity contribution in [2.45, 2.75) is 26.3 Å². The van der Waals surface area contributed by atoms with E-state index in [0.29, 0.717) is 29.7 Å². The Kier molecular flexibility index (Phi) is 4.68. The maximum Gasteiger partial charge on any atom is 0.269 e. The number of halogens is 1. The standard InChI is InChI=1S/C13H16ClN5O/c1-9(2)19-8-17-18-12(19)5-6-15-13(20)11-4-3-10(14)7-16-11/h3-4,7-9H,5-6H2,1-2H3,(H,15,20). The molecule has 2 heterocycles. The van der Waals surface area contributed by atoms with Crippen molar-refractivity contribution in [2.75, 3.05) is 6.54 Å². The van der Waals surface area contributed by atoms with Crippen LogP contribution in [0.25, 0.3) is 0 Å². The van der Waals surface area contributed by atoms with Crippen LogP contribution in [0.1, 0.15) is 36.2 Å². The van der Waals surface area contributed by atoms with E-state index in [1.807, 2.05) is 4.57 Å². The minimum Gasteiger partial charge on any atom is -0.350 e. The summed E-state index contributed by atoms with van der Waals surface area (Å²) in [7, 11) is 0. The minimum atomic E-state index is -0.225. The van der Waals surface area contributed by atoms with Crippen LogP contribution in [-0.4, -0.2) is 32.2 Å². The second-order valence-electron chi connectivity index (χ2n) is 4.62. The topological polar surface area (TPSA) is 72.7 Å². The highest BCUT2D eigenvalue weighted by Crippen LogP contribution is 2.07. The van der Waals surface area contributed by atoms with Gasteiger partial charge in [0, 0.05) is 25.2 Å². The summed E-state index contributed by atoms with van der Waals surface area (Å²) in [5, 5.41) is 11.2. The molecule has 2 aromatic rings. The highest BCUT2D eigenvalue weighted by molar-refractivity contribution is 6.30. The molecular weight excluding hydrogens is 278 g/mol. The molecule has 2 aromatic heterocycles. The van der Waals surface area contributed by atoms with Gasteiger partial charge in [-0.3, -0.25) is 4.79 Å². The average Bonchev–Trinajstić information content (AvgIpc) is 2.88. The van der Waals surface area contributed by atoms with Gasteiger partial charge in [0.05, 0.1) is 5.02 Å². The third-order valence-electron chi connectivity index (χ3n) is 2.80. The Balaban J connectivity index is 1.88. The highest BCUT2D eigenvalue weighted by Gasteiger charge is 2.09. The van der Waals surface area contributed by atoms with Gasteiger partial charge in [0.15, 0.2) is 0 Å². The van der Waals surface area contributed by atoms with E-state index in [2.05, 4.69) is 34.3 Å². The number of nitrogens with one attached hydrogen (secondary N) is 1. The average molecular weight is 294 g/mol. The summed E-state index contributed by atoms with van der Waals surface area (Å²) in [5.41, 5.74) is 0.347. The Morgan fingerprint density at radius 3 is 2.90 bits per heavy atom. The Morgan fingerprint density at radius 2 is 2.25 bits per heavy atom. The first-order valence-corrected chi connectivity index (χ1v) is 6.74. The smallest absolute Gasteiger partial charge is 0.269 e. The Morgan fingerprint density at radius 1 is 1.45 bits per heavy atom. The SMILES string of the molecule is CC(C)n1cnnc1CCNC(=O)c1ccc(Cl)cn1.